The number of rotatable bonds is 3. The maximum absolute atomic E-state index is 8.25. The van der Waals surface area contributed by atoms with Gasteiger partial charge in [-0.3, -0.25) is 0 Å². The SMILES string of the molecule is COc1ccc2cc(CN=[N+]=[N-])ccc2c1. The molecule has 0 aliphatic heterocycles. The fraction of sp³-hybridized carbons (Fsp3) is 0.167. The third-order valence-electron chi connectivity index (χ3n) is 2.43. The number of azide groups is 1. The zero-order valence-electron chi connectivity index (χ0n) is 8.92. The van der Waals surface area contributed by atoms with Crippen LogP contribution in [0.2, 0.25) is 0 Å². The number of nitrogens with zero attached hydrogens (tertiary/aromatic N) is 3. The first-order valence-electron chi connectivity index (χ1n) is 4.91. The molecule has 0 aromatic heterocycles. The second-order valence-corrected chi connectivity index (χ2v) is 3.44. The van der Waals surface area contributed by atoms with Gasteiger partial charge in [0.1, 0.15) is 5.75 Å². The van der Waals surface area contributed by atoms with Crippen LogP contribution in [0.5, 0.6) is 5.75 Å². The molecule has 0 aliphatic rings. The van der Waals surface area contributed by atoms with Crippen LogP contribution in [0.4, 0.5) is 0 Å². The predicted octanol–water partition coefficient (Wildman–Crippen LogP) is 3.66. The third kappa shape index (κ3) is 2.07. The first-order chi connectivity index (χ1) is 7.83. The largest absolute Gasteiger partial charge is 0.497 e. The summed E-state index contributed by atoms with van der Waals surface area (Å²) in [5.41, 5.74) is 9.26. The van der Waals surface area contributed by atoms with Crippen LogP contribution in [0, 0.1) is 0 Å². The molecule has 4 nitrogen and oxygen atoms in total. The van der Waals surface area contributed by atoms with Gasteiger partial charge < -0.3 is 4.74 Å². The van der Waals surface area contributed by atoms with E-state index in [1.165, 1.54) is 0 Å². The van der Waals surface area contributed by atoms with Crippen molar-refractivity contribution in [2.45, 2.75) is 6.54 Å². The first kappa shape index (κ1) is 10.3. The minimum absolute atomic E-state index is 0.387. The van der Waals surface area contributed by atoms with Crippen LogP contribution in [0.25, 0.3) is 21.2 Å². The molecule has 0 amide bonds. The van der Waals surface area contributed by atoms with Crippen LogP contribution in [-0.4, -0.2) is 7.11 Å². The fourth-order valence-electron chi connectivity index (χ4n) is 1.61. The van der Waals surface area contributed by atoms with Crippen LogP contribution < -0.4 is 4.74 Å². The Kier molecular flexibility index (Phi) is 2.94. The van der Waals surface area contributed by atoms with Gasteiger partial charge in [0, 0.05) is 4.91 Å². The van der Waals surface area contributed by atoms with E-state index in [9.17, 15) is 0 Å². The number of methoxy groups -OCH3 is 1. The third-order valence-corrected chi connectivity index (χ3v) is 2.43. The zero-order valence-corrected chi connectivity index (χ0v) is 8.92. The van der Waals surface area contributed by atoms with Crippen LogP contribution in [-0.2, 0) is 6.54 Å². The van der Waals surface area contributed by atoms with Gasteiger partial charge in [-0.2, -0.15) is 0 Å². The van der Waals surface area contributed by atoms with Crippen molar-refractivity contribution in [2.24, 2.45) is 5.11 Å². The summed E-state index contributed by atoms with van der Waals surface area (Å²) >= 11 is 0. The highest BCUT2D eigenvalue weighted by molar-refractivity contribution is 5.84. The summed E-state index contributed by atoms with van der Waals surface area (Å²) in [5.74, 6) is 0.843. The van der Waals surface area contributed by atoms with Crippen molar-refractivity contribution in [3.05, 3.63) is 52.4 Å². The lowest BCUT2D eigenvalue weighted by Crippen LogP contribution is -1.84. The second-order valence-electron chi connectivity index (χ2n) is 3.44. The molecule has 2 aromatic rings. The average Bonchev–Trinajstić information content (AvgIpc) is 2.35. The maximum Gasteiger partial charge on any atom is 0.119 e. The first-order valence-corrected chi connectivity index (χ1v) is 4.91. The molecule has 2 aromatic carbocycles. The zero-order chi connectivity index (χ0) is 11.4. The summed E-state index contributed by atoms with van der Waals surface area (Å²) in [6.07, 6.45) is 0. The van der Waals surface area contributed by atoms with Crippen molar-refractivity contribution < 1.29 is 4.74 Å². The molecule has 0 saturated heterocycles. The lowest BCUT2D eigenvalue weighted by atomic mass is 10.1. The second kappa shape index (κ2) is 4.55. The minimum Gasteiger partial charge on any atom is -0.497 e. The topological polar surface area (TPSA) is 58.0 Å². The van der Waals surface area contributed by atoms with E-state index in [1.807, 2.05) is 36.4 Å². The Balaban J connectivity index is 2.43. The van der Waals surface area contributed by atoms with Gasteiger partial charge in [0.25, 0.3) is 0 Å². The fourth-order valence-corrected chi connectivity index (χ4v) is 1.61. The molecule has 2 rings (SSSR count). The van der Waals surface area contributed by atoms with E-state index in [4.69, 9.17) is 10.3 Å². The molecule has 0 fully saturated rings. The van der Waals surface area contributed by atoms with Crippen molar-refractivity contribution in [1.82, 2.24) is 0 Å². The number of hydrogen-bond donors (Lipinski definition) is 0. The molecule has 0 spiro atoms. The summed E-state index contributed by atoms with van der Waals surface area (Å²) in [4.78, 5) is 2.74. The number of fused-ring (bicyclic) bond motifs is 1. The average molecular weight is 213 g/mol. The molecule has 0 atom stereocenters. The van der Waals surface area contributed by atoms with E-state index in [-0.39, 0.29) is 0 Å². The summed E-state index contributed by atoms with van der Waals surface area (Å²) in [6, 6.07) is 11.9. The lowest BCUT2D eigenvalue weighted by molar-refractivity contribution is 0.415. The Morgan fingerprint density at radius 3 is 2.69 bits per heavy atom. The number of hydrogen-bond acceptors (Lipinski definition) is 2. The van der Waals surface area contributed by atoms with Crippen molar-refractivity contribution in [3.8, 4) is 5.75 Å². The Hall–Kier alpha value is -2.19. The predicted molar refractivity (Wildman–Crippen MR) is 63.4 cm³/mol. The van der Waals surface area contributed by atoms with Gasteiger partial charge in [0.05, 0.1) is 13.7 Å². The highest BCUT2D eigenvalue weighted by Gasteiger charge is 1.98. The van der Waals surface area contributed by atoms with Gasteiger partial charge in [-0.1, -0.05) is 29.4 Å². The van der Waals surface area contributed by atoms with Gasteiger partial charge in [-0.15, -0.1) is 0 Å². The van der Waals surface area contributed by atoms with Gasteiger partial charge in [-0.05, 0) is 34.0 Å². The molecule has 0 radical (unpaired) electrons. The van der Waals surface area contributed by atoms with E-state index < -0.39 is 0 Å². The van der Waals surface area contributed by atoms with E-state index in [2.05, 4.69) is 10.0 Å². The van der Waals surface area contributed by atoms with Crippen LogP contribution in [0.3, 0.4) is 0 Å². The normalized spacial score (nSPS) is 9.81. The Labute approximate surface area is 93.1 Å². The quantitative estimate of drug-likeness (QED) is 0.436. The number of ether oxygens (including phenoxy) is 1. The Morgan fingerprint density at radius 1 is 1.19 bits per heavy atom. The molecule has 16 heavy (non-hydrogen) atoms. The van der Waals surface area contributed by atoms with E-state index >= 15 is 0 Å². The van der Waals surface area contributed by atoms with Gasteiger partial charge in [0.2, 0.25) is 0 Å². The van der Waals surface area contributed by atoms with Crippen molar-refractivity contribution in [2.75, 3.05) is 7.11 Å². The molecule has 4 heteroatoms. The lowest BCUT2D eigenvalue weighted by Gasteiger charge is -2.03. The molecule has 0 aliphatic carbocycles. The molecular weight excluding hydrogens is 202 g/mol. The molecule has 0 N–H and O–H groups in total. The molecule has 0 heterocycles. The van der Waals surface area contributed by atoms with E-state index in [1.54, 1.807) is 7.11 Å². The minimum atomic E-state index is 0.387. The highest BCUT2D eigenvalue weighted by atomic mass is 16.5. The smallest absolute Gasteiger partial charge is 0.119 e. The molecular formula is C12H11N3O. The van der Waals surface area contributed by atoms with Crippen molar-refractivity contribution >= 4 is 10.8 Å². The van der Waals surface area contributed by atoms with Crippen LogP contribution >= 0.6 is 0 Å². The highest BCUT2D eigenvalue weighted by Crippen LogP contribution is 2.22. The van der Waals surface area contributed by atoms with Gasteiger partial charge in [-0.25, -0.2) is 0 Å². The van der Waals surface area contributed by atoms with Crippen LogP contribution in [0.15, 0.2) is 41.5 Å². The Bertz CT molecular complexity index is 559. The molecule has 0 unspecified atom stereocenters. The summed E-state index contributed by atoms with van der Waals surface area (Å²) in [7, 11) is 1.65. The van der Waals surface area contributed by atoms with E-state index in [0.717, 1.165) is 22.1 Å². The van der Waals surface area contributed by atoms with Crippen molar-refractivity contribution in [1.29, 1.82) is 0 Å². The van der Waals surface area contributed by atoms with E-state index in [0.29, 0.717) is 6.54 Å². The van der Waals surface area contributed by atoms with Crippen LogP contribution in [0.1, 0.15) is 5.56 Å². The van der Waals surface area contributed by atoms with Crippen molar-refractivity contribution in [3.63, 3.8) is 0 Å². The molecule has 0 bridgehead atoms. The number of benzene rings is 2. The summed E-state index contributed by atoms with van der Waals surface area (Å²) in [6.45, 7) is 0.387. The van der Waals surface area contributed by atoms with Gasteiger partial charge >= 0.3 is 0 Å². The summed E-state index contributed by atoms with van der Waals surface area (Å²) in [5, 5.41) is 5.77. The monoisotopic (exact) mass is 213 g/mol. The maximum atomic E-state index is 8.25. The molecule has 0 saturated carbocycles. The molecule has 80 valence electrons. The summed E-state index contributed by atoms with van der Waals surface area (Å²) < 4.78 is 5.15. The standard InChI is InChI=1S/C12H11N3O/c1-16-12-5-4-10-6-9(8-14-15-13)2-3-11(10)7-12/h2-7H,8H2,1H3. The Morgan fingerprint density at radius 2 is 1.94 bits per heavy atom. The van der Waals surface area contributed by atoms with Gasteiger partial charge in [0.15, 0.2) is 0 Å².